The molecule has 1 aliphatic rings. The standard InChI is InChI=1S/C21H23ClN4O3S/c1-15-6-7-19(16(2)12-15)30(27,28)26-10-8-25(9-11-26)14-20-23-21(24-29-20)17-4-3-5-18(22)13-17/h3-7,12-13H,8-11,14H2,1-2H3. The molecule has 0 spiro atoms. The number of benzene rings is 2. The Bertz CT molecular complexity index is 1150. The van der Waals surface area contributed by atoms with Crippen molar-refractivity contribution in [2.24, 2.45) is 0 Å². The van der Waals surface area contributed by atoms with Crippen LogP contribution in [0.25, 0.3) is 11.4 Å². The van der Waals surface area contributed by atoms with Crippen LogP contribution in [0.4, 0.5) is 0 Å². The van der Waals surface area contributed by atoms with Gasteiger partial charge >= 0.3 is 0 Å². The Balaban J connectivity index is 1.39. The summed E-state index contributed by atoms with van der Waals surface area (Å²) in [4.78, 5) is 6.93. The number of aryl methyl sites for hydroxylation is 2. The first-order valence-corrected chi connectivity index (χ1v) is 11.5. The lowest BCUT2D eigenvalue weighted by atomic mass is 10.2. The number of nitrogens with zero attached hydrogens (tertiary/aromatic N) is 4. The van der Waals surface area contributed by atoms with E-state index in [-0.39, 0.29) is 0 Å². The lowest BCUT2D eigenvalue weighted by Gasteiger charge is -2.33. The van der Waals surface area contributed by atoms with Gasteiger partial charge in [-0.3, -0.25) is 4.90 Å². The number of hydrogen-bond donors (Lipinski definition) is 0. The van der Waals surface area contributed by atoms with Gasteiger partial charge in [-0.2, -0.15) is 9.29 Å². The third kappa shape index (κ3) is 4.41. The SMILES string of the molecule is Cc1ccc(S(=O)(=O)N2CCN(Cc3nc(-c4cccc(Cl)c4)no3)CC2)c(C)c1. The van der Waals surface area contributed by atoms with E-state index in [2.05, 4.69) is 15.0 Å². The van der Waals surface area contributed by atoms with Crippen LogP contribution in [0.2, 0.25) is 5.02 Å². The van der Waals surface area contributed by atoms with Crippen molar-refractivity contribution in [3.63, 3.8) is 0 Å². The molecule has 1 saturated heterocycles. The molecule has 1 aliphatic heterocycles. The summed E-state index contributed by atoms with van der Waals surface area (Å²) in [6, 6.07) is 12.7. The first kappa shape index (κ1) is 21.0. The van der Waals surface area contributed by atoms with E-state index < -0.39 is 10.0 Å². The number of halogens is 1. The van der Waals surface area contributed by atoms with Crippen molar-refractivity contribution in [2.75, 3.05) is 26.2 Å². The van der Waals surface area contributed by atoms with Crippen LogP contribution in [0.1, 0.15) is 17.0 Å². The Kier molecular flexibility index (Phi) is 5.92. The summed E-state index contributed by atoms with van der Waals surface area (Å²) < 4.78 is 33.0. The number of aromatic nitrogens is 2. The summed E-state index contributed by atoms with van der Waals surface area (Å²) in [6.07, 6.45) is 0. The van der Waals surface area contributed by atoms with Crippen molar-refractivity contribution >= 4 is 21.6 Å². The fourth-order valence-corrected chi connectivity index (χ4v) is 5.43. The molecule has 0 saturated carbocycles. The summed E-state index contributed by atoms with van der Waals surface area (Å²) in [5.41, 5.74) is 2.62. The molecule has 0 bridgehead atoms. The Labute approximate surface area is 181 Å². The summed E-state index contributed by atoms with van der Waals surface area (Å²) in [6.45, 7) is 6.31. The third-order valence-corrected chi connectivity index (χ3v) is 7.48. The third-order valence-electron chi connectivity index (χ3n) is 5.19. The van der Waals surface area contributed by atoms with E-state index in [1.807, 2.05) is 38.1 Å². The molecule has 3 aromatic rings. The van der Waals surface area contributed by atoms with Gasteiger partial charge in [-0.05, 0) is 37.6 Å². The molecule has 2 heterocycles. The Morgan fingerprint density at radius 3 is 2.53 bits per heavy atom. The molecule has 0 aliphatic carbocycles. The molecule has 0 amide bonds. The van der Waals surface area contributed by atoms with Gasteiger partial charge in [-0.25, -0.2) is 8.42 Å². The van der Waals surface area contributed by atoms with Crippen molar-refractivity contribution in [2.45, 2.75) is 25.3 Å². The average molecular weight is 447 g/mol. The van der Waals surface area contributed by atoms with Crippen LogP contribution >= 0.6 is 11.6 Å². The van der Waals surface area contributed by atoms with Crippen molar-refractivity contribution in [3.8, 4) is 11.4 Å². The number of rotatable bonds is 5. The van der Waals surface area contributed by atoms with Gasteiger partial charge < -0.3 is 4.52 Å². The number of sulfonamides is 1. The van der Waals surface area contributed by atoms with Gasteiger partial charge in [0.2, 0.25) is 21.7 Å². The first-order valence-electron chi connectivity index (χ1n) is 9.71. The molecule has 7 nitrogen and oxygen atoms in total. The Morgan fingerprint density at radius 1 is 1.07 bits per heavy atom. The highest BCUT2D eigenvalue weighted by atomic mass is 35.5. The lowest BCUT2D eigenvalue weighted by molar-refractivity contribution is 0.163. The van der Waals surface area contributed by atoms with Gasteiger partial charge in [0.25, 0.3) is 0 Å². The van der Waals surface area contributed by atoms with E-state index in [0.717, 1.165) is 16.7 Å². The topological polar surface area (TPSA) is 79.5 Å². The average Bonchev–Trinajstić information content (AvgIpc) is 3.17. The molecule has 1 aromatic heterocycles. The van der Waals surface area contributed by atoms with Gasteiger partial charge in [-0.15, -0.1) is 0 Å². The second kappa shape index (κ2) is 8.47. The fraction of sp³-hybridized carbons (Fsp3) is 0.333. The number of hydrogen-bond acceptors (Lipinski definition) is 6. The summed E-state index contributed by atoms with van der Waals surface area (Å²) in [5, 5.41) is 4.64. The molecule has 0 unspecified atom stereocenters. The molecule has 2 aromatic carbocycles. The van der Waals surface area contributed by atoms with Crippen LogP contribution in [-0.2, 0) is 16.6 Å². The van der Waals surface area contributed by atoms with Crippen LogP contribution in [0.3, 0.4) is 0 Å². The van der Waals surface area contributed by atoms with Crippen LogP contribution in [0.5, 0.6) is 0 Å². The Hall–Kier alpha value is -2.26. The van der Waals surface area contributed by atoms with E-state index in [1.165, 1.54) is 0 Å². The Morgan fingerprint density at radius 2 is 1.83 bits per heavy atom. The highest BCUT2D eigenvalue weighted by molar-refractivity contribution is 7.89. The van der Waals surface area contributed by atoms with E-state index in [0.29, 0.717) is 54.4 Å². The molecule has 0 radical (unpaired) electrons. The predicted octanol–water partition coefficient (Wildman–Crippen LogP) is 3.51. The van der Waals surface area contributed by atoms with E-state index in [9.17, 15) is 8.42 Å². The zero-order chi connectivity index (χ0) is 21.3. The smallest absolute Gasteiger partial charge is 0.243 e. The minimum Gasteiger partial charge on any atom is -0.338 e. The van der Waals surface area contributed by atoms with Gasteiger partial charge in [0.1, 0.15) is 0 Å². The first-order chi connectivity index (χ1) is 14.3. The van der Waals surface area contributed by atoms with Crippen molar-refractivity contribution in [1.29, 1.82) is 0 Å². The summed E-state index contributed by atoms with van der Waals surface area (Å²) >= 11 is 6.02. The molecule has 0 atom stereocenters. The van der Waals surface area contributed by atoms with E-state index >= 15 is 0 Å². The van der Waals surface area contributed by atoms with Crippen LogP contribution in [-0.4, -0.2) is 53.9 Å². The molecule has 0 N–H and O–H groups in total. The molecule has 158 valence electrons. The maximum atomic E-state index is 13.0. The quantitative estimate of drug-likeness (QED) is 0.596. The fourth-order valence-electron chi connectivity index (χ4n) is 3.61. The second-order valence-corrected chi connectivity index (χ2v) is 9.81. The maximum absolute atomic E-state index is 13.0. The number of piperazine rings is 1. The molecular formula is C21H23ClN4O3S. The second-order valence-electron chi connectivity index (χ2n) is 7.47. The lowest BCUT2D eigenvalue weighted by Crippen LogP contribution is -2.48. The zero-order valence-electron chi connectivity index (χ0n) is 16.9. The van der Waals surface area contributed by atoms with Crippen molar-refractivity contribution in [1.82, 2.24) is 19.3 Å². The molecular weight excluding hydrogens is 424 g/mol. The predicted molar refractivity (Wildman–Crippen MR) is 115 cm³/mol. The van der Waals surface area contributed by atoms with Crippen LogP contribution < -0.4 is 0 Å². The molecule has 30 heavy (non-hydrogen) atoms. The normalized spacial score (nSPS) is 16.1. The zero-order valence-corrected chi connectivity index (χ0v) is 18.4. The minimum atomic E-state index is -3.50. The van der Waals surface area contributed by atoms with Gasteiger partial charge in [-0.1, -0.05) is 46.6 Å². The largest absolute Gasteiger partial charge is 0.338 e. The van der Waals surface area contributed by atoms with Crippen LogP contribution in [0.15, 0.2) is 51.9 Å². The van der Waals surface area contributed by atoms with Crippen molar-refractivity contribution < 1.29 is 12.9 Å². The summed E-state index contributed by atoms with van der Waals surface area (Å²) in [5.74, 6) is 0.985. The molecule has 4 rings (SSSR count). The summed E-state index contributed by atoms with van der Waals surface area (Å²) in [7, 11) is -3.50. The van der Waals surface area contributed by atoms with Crippen molar-refractivity contribution in [3.05, 3.63) is 64.5 Å². The van der Waals surface area contributed by atoms with E-state index in [1.54, 1.807) is 22.5 Å². The highest BCUT2D eigenvalue weighted by Gasteiger charge is 2.30. The maximum Gasteiger partial charge on any atom is 0.243 e. The molecule has 9 heteroatoms. The van der Waals surface area contributed by atoms with Gasteiger partial charge in [0, 0.05) is 36.8 Å². The van der Waals surface area contributed by atoms with E-state index in [4.69, 9.17) is 16.1 Å². The van der Waals surface area contributed by atoms with Gasteiger partial charge in [0.15, 0.2) is 0 Å². The monoisotopic (exact) mass is 446 g/mol. The molecule has 1 fully saturated rings. The highest BCUT2D eigenvalue weighted by Crippen LogP contribution is 2.23. The van der Waals surface area contributed by atoms with Crippen LogP contribution in [0, 0.1) is 13.8 Å². The van der Waals surface area contributed by atoms with Gasteiger partial charge in [0.05, 0.1) is 11.4 Å². The minimum absolute atomic E-state index is 0.379.